The third-order valence-corrected chi connectivity index (χ3v) is 4.38. The van der Waals surface area contributed by atoms with Gasteiger partial charge in [0.1, 0.15) is 5.25 Å². The Bertz CT molecular complexity index is 439. The van der Waals surface area contributed by atoms with Gasteiger partial charge in [-0.2, -0.15) is 0 Å². The van der Waals surface area contributed by atoms with E-state index in [0.717, 1.165) is 0 Å². The molecule has 15 heavy (non-hydrogen) atoms. The SMILES string of the molecule is CCC(C(N)=O)S(=O)(=O)c1ccccc1. The zero-order valence-electron chi connectivity index (χ0n) is 8.38. The van der Waals surface area contributed by atoms with Gasteiger partial charge in [-0.25, -0.2) is 8.42 Å². The summed E-state index contributed by atoms with van der Waals surface area (Å²) in [7, 11) is -3.62. The average molecular weight is 227 g/mol. The first-order chi connectivity index (χ1) is 7.00. The summed E-state index contributed by atoms with van der Waals surface area (Å²) < 4.78 is 23.8. The third kappa shape index (κ3) is 2.36. The molecule has 1 unspecified atom stereocenters. The lowest BCUT2D eigenvalue weighted by Crippen LogP contribution is -2.35. The van der Waals surface area contributed by atoms with Gasteiger partial charge in [-0.15, -0.1) is 0 Å². The Morgan fingerprint density at radius 3 is 2.27 bits per heavy atom. The van der Waals surface area contributed by atoms with Crippen LogP contribution >= 0.6 is 0 Å². The van der Waals surface area contributed by atoms with Crippen molar-refractivity contribution in [1.82, 2.24) is 0 Å². The molecule has 1 aromatic rings. The normalized spacial score (nSPS) is 13.4. The van der Waals surface area contributed by atoms with Crippen LogP contribution in [0, 0.1) is 0 Å². The first kappa shape index (κ1) is 11.7. The molecule has 0 aliphatic carbocycles. The van der Waals surface area contributed by atoms with Crippen LogP contribution < -0.4 is 5.73 Å². The number of benzene rings is 1. The topological polar surface area (TPSA) is 77.2 Å². The second-order valence-corrected chi connectivity index (χ2v) is 5.29. The predicted octanol–water partition coefficient (Wildman–Crippen LogP) is 0.724. The van der Waals surface area contributed by atoms with Crippen LogP contribution in [0.4, 0.5) is 0 Å². The van der Waals surface area contributed by atoms with Crippen LogP contribution in [0.5, 0.6) is 0 Å². The van der Waals surface area contributed by atoms with E-state index < -0.39 is 21.0 Å². The molecule has 0 saturated carbocycles. The molecule has 0 aliphatic rings. The van der Waals surface area contributed by atoms with Crippen molar-refractivity contribution in [3.8, 4) is 0 Å². The van der Waals surface area contributed by atoms with Crippen molar-refractivity contribution in [2.45, 2.75) is 23.5 Å². The molecule has 0 radical (unpaired) electrons. The Hall–Kier alpha value is -1.36. The Balaban J connectivity index is 3.19. The van der Waals surface area contributed by atoms with E-state index in [0.29, 0.717) is 0 Å². The van der Waals surface area contributed by atoms with Crippen LogP contribution in [0.25, 0.3) is 0 Å². The Labute approximate surface area is 89.0 Å². The predicted molar refractivity (Wildman–Crippen MR) is 56.9 cm³/mol. The summed E-state index contributed by atoms with van der Waals surface area (Å²) >= 11 is 0. The number of amides is 1. The summed E-state index contributed by atoms with van der Waals surface area (Å²) in [5.74, 6) is -0.804. The van der Waals surface area contributed by atoms with Crippen molar-refractivity contribution in [2.24, 2.45) is 5.73 Å². The highest BCUT2D eigenvalue weighted by Gasteiger charge is 2.30. The maximum absolute atomic E-state index is 11.9. The number of hydrogen-bond acceptors (Lipinski definition) is 3. The minimum absolute atomic E-state index is 0.135. The monoisotopic (exact) mass is 227 g/mol. The lowest BCUT2D eigenvalue weighted by atomic mass is 10.3. The summed E-state index contributed by atoms with van der Waals surface area (Å²) in [6.45, 7) is 1.62. The maximum atomic E-state index is 11.9. The zero-order valence-corrected chi connectivity index (χ0v) is 9.20. The highest BCUT2D eigenvalue weighted by atomic mass is 32.2. The largest absolute Gasteiger partial charge is 0.369 e. The molecule has 0 fully saturated rings. The fourth-order valence-corrected chi connectivity index (χ4v) is 2.96. The van der Waals surface area contributed by atoms with E-state index in [4.69, 9.17) is 5.73 Å². The molecule has 0 aromatic heterocycles. The maximum Gasteiger partial charge on any atom is 0.236 e. The second-order valence-electron chi connectivity index (χ2n) is 3.16. The minimum atomic E-state index is -3.62. The van der Waals surface area contributed by atoms with E-state index in [1.807, 2.05) is 0 Å². The van der Waals surface area contributed by atoms with Gasteiger partial charge in [-0.05, 0) is 18.6 Å². The van der Waals surface area contributed by atoms with Gasteiger partial charge in [0.15, 0.2) is 9.84 Å². The molecule has 4 nitrogen and oxygen atoms in total. The standard InChI is InChI=1S/C10H13NO3S/c1-2-9(10(11)12)15(13,14)8-6-4-3-5-7-8/h3-7,9H,2H2,1H3,(H2,11,12). The van der Waals surface area contributed by atoms with Crippen LogP contribution in [0.3, 0.4) is 0 Å². The van der Waals surface area contributed by atoms with E-state index in [-0.39, 0.29) is 11.3 Å². The number of carbonyl (C=O) groups is 1. The van der Waals surface area contributed by atoms with E-state index in [1.54, 1.807) is 25.1 Å². The number of hydrogen-bond donors (Lipinski definition) is 1. The first-order valence-corrected chi connectivity index (χ1v) is 6.13. The van der Waals surface area contributed by atoms with E-state index in [9.17, 15) is 13.2 Å². The average Bonchev–Trinajstić information content (AvgIpc) is 2.19. The summed E-state index contributed by atoms with van der Waals surface area (Å²) in [6, 6.07) is 7.85. The van der Waals surface area contributed by atoms with E-state index >= 15 is 0 Å². The van der Waals surface area contributed by atoms with Gasteiger partial charge >= 0.3 is 0 Å². The van der Waals surface area contributed by atoms with Gasteiger partial charge in [-0.3, -0.25) is 4.79 Å². The van der Waals surface area contributed by atoms with Crippen molar-refractivity contribution in [3.05, 3.63) is 30.3 Å². The molecular weight excluding hydrogens is 214 g/mol. The number of sulfone groups is 1. The summed E-state index contributed by atoms with van der Waals surface area (Å²) in [5, 5.41) is -1.14. The first-order valence-electron chi connectivity index (χ1n) is 4.58. The van der Waals surface area contributed by atoms with E-state index in [2.05, 4.69) is 0 Å². The Kier molecular flexibility index (Phi) is 3.47. The van der Waals surface area contributed by atoms with Crippen molar-refractivity contribution in [1.29, 1.82) is 0 Å². The fourth-order valence-electron chi connectivity index (χ4n) is 1.35. The molecule has 1 amide bonds. The smallest absolute Gasteiger partial charge is 0.236 e. The molecule has 0 heterocycles. The molecular formula is C10H13NO3S. The number of primary amides is 1. The van der Waals surface area contributed by atoms with Crippen molar-refractivity contribution in [3.63, 3.8) is 0 Å². The molecule has 0 spiro atoms. The highest BCUT2D eigenvalue weighted by molar-refractivity contribution is 7.92. The highest BCUT2D eigenvalue weighted by Crippen LogP contribution is 2.17. The van der Waals surface area contributed by atoms with Crippen molar-refractivity contribution in [2.75, 3.05) is 0 Å². The van der Waals surface area contributed by atoms with Gasteiger partial charge in [-0.1, -0.05) is 25.1 Å². The summed E-state index contributed by atoms with van der Waals surface area (Å²) in [4.78, 5) is 11.1. The molecule has 2 N–H and O–H groups in total. The summed E-state index contributed by atoms with van der Waals surface area (Å²) in [5.41, 5.74) is 5.05. The fraction of sp³-hybridized carbons (Fsp3) is 0.300. The van der Waals surface area contributed by atoms with Crippen molar-refractivity contribution >= 4 is 15.7 Å². The Morgan fingerprint density at radius 1 is 1.33 bits per heavy atom. The van der Waals surface area contributed by atoms with Gasteiger partial charge in [0, 0.05) is 0 Å². The van der Waals surface area contributed by atoms with Gasteiger partial charge < -0.3 is 5.73 Å². The lowest BCUT2D eigenvalue weighted by molar-refractivity contribution is -0.117. The molecule has 5 heteroatoms. The zero-order chi connectivity index (χ0) is 11.5. The molecule has 1 aromatic carbocycles. The van der Waals surface area contributed by atoms with Crippen LogP contribution in [0.2, 0.25) is 0 Å². The second kappa shape index (κ2) is 4.44. The Morgan fingerprint density at radius 2 is 1.87 bits per heavy atom. The lowest BCUT2D eigenvalue weighted by Gasteiger charge is -2.11. The van der Waals surface area contributed by atoms with Gasteiger partial charge in [0.05, 0.1) is 4.90 Å². The molecule has 82 valence electrons. The van der Waals surface area contributed by atoms with Gasteiger partial charge in [0.2, 0.25) is 5.91 Å². The molecule has 0 bridgehead atoms. The van der Waals surface area contributed by atoms with Crippen LogP contribution in [-0.2, 0) is 14.6 Å². The van der Waals surface area contributed by atoms with Gasteiger partial charge in [0.25, 0.3) is 0 Å². The van der Waals surface area contributed by atoms with E-state index in [1.165, 1.54) is 12.1 Å². The molecule has 1 rings (SSSR count). The number of rotatable bonds is 4. The van der Waals surface area contributed by atoms with Crippen LogP contribution in [0.1, 0.15) is 13.3 Å². The quantitative estimate of drug-likeness (QED) is 0.823. The number of carbonyl (C=O) groups excluding carboxylic acids is 1. The molecule has 0 aliphatic heterocycles. The molecule has 1 atom stereocenters. The third-order valence-electron chi connectivity index (χ3n) is 2.13. The summed E-state index contributed by atoms with van der Waals surface area (Å²) in [6.07, 6.45) is 0.187. The van der Waals surface area contributed by atoms with Crippen LogP contribution in [0.15, 0.2) is 35.2 Å². The number of nitrogens with two attached hydrogens (primary N) is 1. The minimum Gasteiger partial charge on any atom is -0.369 e. The molecule has 0 saturated heterocycles. The van der Waals surface area contributed by atoms with Crippen LogP contribution in [-0.4, -0.2) is 19.6 Å². The van der Waals surface area contributed by atoms with Crippen molar-refractivity contribution < 1.29 is 13.2 Å².